The van der Waals surface area contributed by atoms with Gasteiger partial charge in [0.25, 0.3) is 5.91 Å². The van der Waals surface area contributed by atoms with Crippen LogP contribution in [0.15, 0.2) is 35.9 Å². The molecule has 2 aromatic heterocycles. The number of allylic oxidation sites excluding steroid dienone is 1. The molecule has 142 valence electrons. The highest BCUT2D eigenvalue weighted by atomic mass is 16.1. The van der Waals surface area contributed by atoms with Crippen molar-refractivity contribution in [1.82, 2.24) is 20.3 Å². The number of amides is 1. The van der Waals surface area contributed by atoms with Gasteiger partial charge in [-0.05, 0) is 38.8 Å². The van der Waals surface area contributed by atoms with Crippen LogP contribution in [-0.2, 0) is 0 Å². The van der Waals surface area contributed by atoms with Crippen LogP contribution >= 0.6 is 0 Å². The summed E-state index contributed by atoms with van der Waals surface area (Å²) in [5.74, 6) is 1.06. The molecule has 0 aliphatic carbocycles. The van der Waals surface area contributed by atoms with Crippen LogP contribution in [0, 0.1) is 6.92 Å². The molecule has 6 heteroatoms. The standard InChI is InChI=1S/C22H23N5O/c1-12-5-4-8-23-21-13(2)25-17-7-3-6-15(20(17)27-21)18-10-16-19(26-18)14(9-12)11-24-22(16)28/h3,5-7,10,14,26H,4,8-9,11H2,1-2H3,(H,23,27)(H,24,28)/b12-5+/t14-/m0/s1. The number of aromatic amines is 1. The Morgan fingerprint density at radius 2 is 2.00 bits per heavy atom. The van der Waals surface area contributed by atoms with Crippen molar-refractivity contribution < 1.29 is 4.79 Å². The Bertz CT molecular complexity index is 1130. The van der Waals surface area contributed by atoms with E-state index in [9.17, 15) is 4.79 Å². The number of carbonyl (C=O) groups is 1. The fourth-order valence-corrected chi connectivity index (χ4v) is 4.24. The van der Waals surface area contributed by atoms with Crippen molar-refractivity contribution in [2.75, 3.05) is 18.4 Å². The van der Waals surface area contributed by atoms with E-state index in [-0.39, 0.29) is 11.8 Å². The number of carbonyl (C=O) groups excluding carboxylic acids is 1. The number of aryl methyl sites for hydroxylation is 1. The van der Waals surface area contributed by atoms with Gasteiger partial charge in [0.1, 0.15) is 11.3 Å². The van der Waals surface area contributed by atoms with Crippen LogP contribution in [0.3, 0.4) is 0 Å². The van der Waals surface area contributed by atoms with Crippen LogP contribution in [-0.4, -0.2) is 33.9 Å². The largest absolute Gasteiger partial charge is 0.368 e. The van der Waals surface area contributed by atoms with Gasteiger partial charge in [0.2, 0.25) is 0 Å². The molecule has 1 atom stereocenters. The highest BCUT2D eigenvalue weighted by Crippen LogP contribution is 2.35. The molecule has 0 unspecified atom stereocenters. The predicted molar refractivity (Wildman–Crippen MR) is 111 cm³/mol. The molecule has 0 fully saturated rings. The van der Waals surface area contributed by atoms with E-state index in [1.165, 1.54) is 5.57 Å². The Kier molecular flexibility index (Phi) is 3.93. The van der Waals surface area contributed by atoms with Crippen LogP contribution in [0.25, 0.3) is 22.3 Å². The number of nitrogens with one attached hydrogen (secondary N) is 3. The highest BCUT2D eigenvalue weighted by molar-refractivity contribution is 6.00. The third-order valence-electron chi connectivity index (χ3n) is 5.67. The summed E-state index contributed by atoms with van der Waals surface area (Å²) in [6.45, 7) is 5.62. The van der Waals surface area contributed by atoms with Crippen molar-refractivity contribution in [2.45, 2.75) is 32.6 Å². The van der Waals surface area contributed by atoms with E-state index in [2.05, 4.69) is 28.6 Å². The highest BCUT2D eigenvalue weighted by Gasteiger charge is 2.28. The Morgan fingerprint density at radius 3 is 2.89 bits per heavy atom. The Labute approximate surface area is 163 Å². The molecule has 0 radical (unpaired) electrons. The lowest BCUT2D eigenvalue weighted by Gasteiger charge is -2.23. The van der Waals surface area contributed by atoms with Crippen molar-refractivity contribution in [2.24, 2.45) is 0 Å². The van der Waals surface area contributed by atoms with E-state index >= 15 is 0 Å². The average molecular weight is 373 g/mol. The van der Waals surface area contributed by atoms with E-state index < -0.39 is 0 Å². The van der Waals surface area contributed by atoms with Gasteiger partial charge >= 0.3 is 0 Å². The van der Waals surface area contributed by atoms with Gasteiger partial charge in [-0.25, -0.2) is 9.97 Å². The van der Waals surface area contributed by atoms with Crippen LogP contribution < -0.4 is 10.6 Å². The minimum Gasteiger partial charge on any atom is -0.368 e. The topological polar surface area (TPSA) is 82.7 Å². The number of benzene rings is 1. The van der Waals surface area contributed by atoms with Gasteiger partial charge in [0, 0.05) is 36.0 Å². The lowest BCUT2D eigenvalue weighted by molar-refractivity contribution is 0.0940. The van der Waals surface area contributed by atoms with Gasteiger partial charge < -0.3 is 15.6 Å². The maximum atomic E-state index is 12.5. The monoisotopic (exact) mass is 373 g/mol. The first kappa shape index (κ1) is 17.0. The first-order valence-corrected chi connectivity index (χ1v) is 9.78. The fraction of sp³-hybridized carbons (Fsp3) is 0.318. The van der Waals surface area contributed by atoms with Crippen LogP contribution in [0.5, 0.6) is 0 Å². The molecule has 6 nitrogen and oxygen atoms in total. The van der Waals surface area contributed by atoms with Crippen molar-refractivity contribution in [3.63, 3.8) is 0 Å². The van der Waals surface area contributed by atoms with Gasteiger partial charge in [0.05, 0.1) is 16.8 Å². The van der Waals surface area contributed by atoms with E-state index in [1.54, 1.807) is 0 Å². The number of hydrogen-bond acceptors (Lipinski definition) is 4. The summed E-state index contributed by atoms with van der Waals surface area (Å²) in [6.07, 6.45) is 4.13. The molecule has 4 bridgehead atoms. The molecule has 0 saturated heterocycles. The number of aromatic nitrogens is 3. The molecule has 3 aromatic rings. The minimum absolute atomic E-state index is 0.00998. The second-order valence-corrected chi connectivity index (χ2v) is 7.72. The molecule has 2 aliphatic heterocycles. The smallest absolute Gasteiger partial charge is 0.253 e. The zero-order valence-electron chi connectivity index (χ0n) is 16.1. The molecule has 5 rings (SSSR count). The molecule has 1 amide bonds. The number of H-pyrrole nitrogens is 1. The van der Waals surface area contributed by atoms with Crippen molar-refractivity contribution in [3.8, 4) is 11.3 Å². The number of rotatable bonds is 0. The molecule has 2 aliphatic rings. The van der Waals surface area contributed by atoms with E-state index in [1.807, 2.05) is 31.2 Å². The Hall–Kier alpha value is -3.15. The summed E-state index contributed by atoms with van der Waals surface area (Å²) in [4.78, 5) is 25.7. The lowest BCUT2D eigenvalue weighted by atomic mass is 9.91. The van der Waals surface area contributed by atoms with E-state index in [0.29, 0.717) is 6.54 Å². The number of fused-ring (bicyclic) bond motifs is 3. The second-order valence-electron chi connectivity index (χ2n) is 7.72. The third kappa shape index (κ3) is 2.76. The van der Waals surface area contributed by atoms with Gasteiger partial charge in [-0.1, -0.05) is 23.8 Å². The summed E-state index contributed by atoms with van der Waals surface area (Å²) in [6, 6.07) is 7.97. The van der Waals surface area contributed by atoms with Crippen molar-refractivity contribution in [3.05, 3.63) is 52.9 Å². The summed E-state index contributed by atoms with van der Waals surface area (Å²) in [5.41, 5.74) is 7.58. The van der Waals surface area contributed by atoms with E-state index in [4.69, 9.17) is 9.97 Å². The minimum atomic E-state index is -0.00998. The fourth-order valence-electron chi connectivity index (χ4n) is 4.24. The molecule has 3 N–H and O–H groups in total. The number of anilines is 1. The first-order chi connectivity index (χ1) is 13.6. The van der Waals surface area contributed by atoms with Crippen molar-refractivity contribution in [1.29, 1.82) is 0 Å². The summed E-state index contributed by atoms with van der Waals surface area (Å²) in [7, 11) is 0. The Balaban J connectivity index is 1.76. The molecular formula is C22H23N5O. The SMILES string of the molecule is C/C1=C\CCNc2nc3c(cccc3nc2C)-c2cc3c([nH]2)[C@H](CNC3=O)C1. The third-order valence-corrected chi connectivity index (χ3v) is 5.67. The molecular weight excluding hydrogens is 350 g/mol. The molecule has 28 heavy (non-hydrogen) atoms. The first-order valence-electron chi connectivity index (χ1n) is 9.78. The number of hydrogen-bond donors (Lipinski definition) is 3. The molecule has 0 spiro atoms. The molecule has 4 heterocycles. The summed E-state index contributed by atoms with van der Waals surface area (Å²) >= 11 is 0. The molecule has 0 saturated carbocycles. The van der Waals surface area contributed by atoms with Crippen LogP contribution in [0.2, 0.25) is 0 Å². The summed E-state index contributed by atoms with van der Waals surface area (Å²) in [5, 5.41) is 6.48. The lowest BCUT2D eigenvalue weighted by Crippen LogP contribution is -2.34. The van der Waals surface area contributed by atoms with Gasteiger partial charge in [-0.2, -0.15) is 0 Å². The van der Waals surface area contributed by atoms with Crippen molar-refractivity contribution >= 4 is 22.8 Å². The number of nitrogens with zero attached hydrogens (tertiary/aromatic N) is 2. The van der Waals surface area contributed by atoms with E-state index in [0.717, 1.165) is 64.4 Å². The maximum Gasteiger partial charge on any atom is 0.253 e. The predicted octanol–water partition coefficient (Wildman–Crippen LogP) is 3.91. The number of para-hydroxylation sites is 1. The quantitative estimate of drug-likeness (QED) is 0.522. The van der Waals surface area contributed by atoms with Gasteiger partial charge in [-0.15, -0.1) is 0 Å². The van der Waals surface area contributed by atoms with Crippen LogP contribution in [0.4, 0.5) is 5.82 Å². The maximum absolute atomic E-state index is 12.5. The average Bonchev–Trinajstić information content (AvgIpc) is 3.13. The zero-order chi connectivity index (χ0) is 19.3. The second kappa shape index (κ2) is 6.48. The Morgan fingerprint density at radius 1 is 1.11 bits per heavy atom. The van der Waals surface area contributed by atoms with Crippen LogP contribution in [0.1, 0.15) is 47.4 Å². The van der Waals surface area contributed by atoms with Gasteiger partial charge in [-0.3, -0.25) is 4.79 Å². The normalized spacial score (nSPS) is 20.9. The zero-order valence-corrected chi connectivity index (χ0v) is 16.1. The molecule has 1 aromatic carbocycles. The van der Waals surface area contributed by atoms with Gasteiger partial charge in [0.15, 0.2) is 0 Å². The summed E-state index contributed by atoms with van der Waals surface area (Å²) < 4.78 is 0.